The fourth-order valence-corrected chi connectivity index (χ4v) is 2.91. The number of aryl methyl sites for hydroxylation is 1. The van der Waals surface area contributed by atoms with Crippen molar-refractivity contribution in [3.05, 3.63) is 75.7 Å². The third kappa shape index (κ3) is 4.52. The Morgan fingerprint density at radius 3 is 2.79 bits per heavy atom. The topological polar surface area (TPSA) is 90.1 Å². The molecule has 28 heavy (non-hydrogen) atoms. The molecule has 1 amide bonds. The number of rotatable bonds is 5. The largest absolute Gasteiger partial charge is 0.482 e. The molecule has 1 aromatic carbocycles. The van der Waals surface area contributed by atoms with E-state index in [-0.39, 0.29) is 11.7 Å². The Morgan fingerprint density at radius 2 is 2.00 bits per heavy atom. The summed E-state index contributed by atoms with van der Waals surface area (Å²) in [5.41, 5.74) is 8.31. The molecule has 3 N–H and O–H groups in total. The van der Waals surface area contributed by atoms with Gasteiger partial charge in [0, 0.05) is 24.0 Å². The number of carbonyl (C=O) groups is 1. The number of amides is 1. The number of halogens is 2. The smallest absolute Gasteiger partial charge is 0.257 e. The predicted molar refractivity (Wildman–Crippen MR) is 111 cm³/mol. The van der Waals surface area contributed by atoms with Crippen LogP contribution in [0.2, 0.25) is 10.0 Å². The van der Waals surface area contributed by atoms with Crippen molar-refractivity contribution < 1.29 is 9.53 Å². The Labute approximate surface area is 172 Å². The summed E-state index contributed by atoms with van der Waals surface area (Å²) < 4.78 is 5.85. The summed E-state index contributed by atoms with van der Waals surface area (Å²) in [5, 5.41) is 3.65. The highest BCUT2D eigenvalue weighted by molar-refractivity contribution is 6.35. The summed E-state index contributed by atoms with van der Waals surface area (Å²) in [5.74, 6) is 0.299. The fraction of sp³-hybridized carbons (Fsp3) is 0.150. The average Bonchev–Trinajstić information content (AvgIpc) is 2.67. The molecule has 1 atom stereocenters. The highest BCUT2D eigenvalue weighted by atomic mass is 35.5. The van der Waals surface area contributed by atoms with E-state index in [1.54, 1.807) is 36.7 Å². The minimum atomic E-state index is -0.394. The standard InChI is InChI=1S/C20H18Cl2N4O2/c1-11-4-3-5-16(18(11)22)20(27)26-15-6-13(8-24-10-15)12(2)28-17-7-14(21)9-25-19(17)23/h3-10,12H,1-2H3,(H2,23,25)(H,26,27)/t12-/m1/s1. The Morgan fingerprint density at radius 1 is 1.21 bits per heavy atom. The van der Waals surface area contributed by atoms with Gasteiger partial charge in [0.15, 0.2) is 11.6 Å². The number of nitrogens with two attached hydrogens (primary N) is 1. The van der Waals surface area contributed by atoms with Crippen LogP contribution in [0.25, 0.3) is 0 Å². The van der Waals surface area contributed by atoms with Crippen molar-refractivity contribution >= 4 is 40.6 Å². The van der Waals surface area contributed by atoms with Gasteiger partial charge in [-0.1, -0.05) is 35.3 Å². The number of benzene rings is 1. The fourth-order valence-electron chi connectivity index (χ4n) is 2.55. The van der Waals surface area contributed by atoms with Gasteiger partial charge in [-0.3, -0.25) is 9.78 Å². The van der Waals surface area contributed by atoms with Crippen LogP contribution >= 0.6 is 23.2 Å². The predicted octanol–water partition coefficient (Wildman–Crippen LogP) is 5.07. The monoisotopic (exact) mass is 416 g/mol. The van der Waals surface area contributed by atoms with E-state index in [0.29, 0.717) is 27.0 Å². The number of ether oxygens (including phenoxy) is 1. The van der Waals surface area contributed by atoms with Gasteiger partial charge in [0.1, 0.15) is 6.10 Å². The minimum Gasteiger partial charge on any atom is -0.482 e. The highest BCUT2D eigenvalue weighted by Gasteiger charge is 2.15. The number of nitrogens with zero attached hydrogens (tertiary/aromatic N) is 2. The lowest BCUT2D eigenvalue weighted by Crippen LogP contribution is -2.14. The Hall–Kier alpha value is -2.83. The molecule has 2 aromatic heterocycles. The Kier molecular flexibility index (Phi) is 6.02. The molecule has 0 unspecified atom stereocenters. The van der Waals surface area contributed by atoms with E-state index in [1.165, 1.54) is 6.20 Å². The normalized spacial score (nSPS) is 11.7. The first-order valence-corrected chi connectivity index (χ1v) is 9.20. The molecule has 8 heteroatoms. The molecule has 2 heterocycles. The Balaban J connectivity index is 1.77. The number of nitrogens with one attached hydrogen (secondary N) is 1. The molecule has 0 aliphatic rings. The van der Waals surface area contributed by atoms with E-state index in [9.17, 15) is 4.79 Å². The van der Waals surface area contributed by atoms with Crippen LogP contribution in [-0.2, 0) is 0 Å². The summed E-state index contributed by atoms with van der Waals surface area (Å²) in [4.78, 5) is 20.7. The molecule has 0 spiro atoms. The second-order valence-corrected chi connectivity index (χ2v) is 7.01. The summed E-state index contributed by atoms with van der Waals surface area (Å²) in [6.07, 6.45) is 4.25. The first-order chi connectivity index (χ1) is 13.3. The van der Waals surface area contributed by atoms with Crippen molar-refractivity contribution in [2.45, 2.75) is 20.0 Å². The number of aromatic nitrogens is 2. The zero-order chi connectivity index (χ0) is 20.3. The first-order valence-electron chi connectivity index (χ1n) is 8.44. The van der Waals surface area contributed by atoms with Crippen LogP contribution in [0.4, 0.5) is 11.5 Å². The van der Waals surface area contributed by atoms with Crippen molar-refractivity contribution in [2.75, 3.05) is 11.1 Å². The van der Waals surface area contributed by atoms with Gasteiger partial charge < -0.3 is 15.8 Å². The zero-order valence-corrected chi connectivity index (χ0v) is 16.8. The molecule has 0 aliphatic heterocycles. The van der Waals surface area contributed by atoms with Crippen LogP contribution < -0.4 is 15.8 Å². The molecule has 0 aliphatic carbocycles. The number of hydrogen-bond acceptors (Lipinski definition) is 5. The summed E-state index contributed by atoms with van der Waals surface area (Å²) >= 11 is 12.2. The third-order valence-electron chi connectivity index (χ3n) is 4.08. The number of nitrogen functional groups attached to an aromatic ring is 1. The first kappa shape index (κ1) is 19.9. The second kappa shape index (κ2) is 8.46. The van der Waals surface area contributed by atoms with Crippen molar-refractivity contribution in [2.24, 2.45) is 0 Å². The van der Waals surface area contributed by atoms with Crippen LogP contribution in [0.1, 0.15) is 34.5 Å². The maximum absolute atomic E-state index is 12.5. The van der Waals surface area contributed by atoms with E-state index in [4.69, 9.17) is 33.7 Å². The summed E-state index contributed by atoms with van der Waals surface area (Å²) in [6, 6.07) is 8.66. The molecule has 0 bridgehead atoms. The molecule has 0 radical (unpaired) electrons. The maximum atomic E-state index is 12.5. The lowest BCUT2D eigenvalue weighted by molar-refractivity contribution is 0.102. The molecule has 3 aromatic rings. The van der Waals surface area contributed by atoms with E-state index in [0.717, 1.165) is 11.1 Å². The van der Waals surface area contributed by atoms with Gasteiger partial charge in [-0.05, 0) is 31.5 Å². The molecule has 6 nitrogen and oxygen atoms in total. The zero-order valence-electron chi connectivity index (χ0n) is 15.2. The number of anilines is 2. The van der Waals surface area contributed by atoms with Crippen LogP contribution in [0.5, 0.6) is 5.75 Å². The maximum Gasteiger partial charge on any atom is 0.257 e. The molecular weight excluding hydrogens is 399 g/mol. The van der Waals surface area contributed by atoms with Gasteiger partial charge in [0.2, 0.25) is 0 Å². The minimum absolute atomic E-state index is 0.239. The lowest BCUT2D eigenvalue weighted by atomic mass is 10.1. The van der Waals surface area contributed by atoms with Crippen LogP contribution in [0.15, 0.2) is 48.9 Å². The van der Waals surface area contributed by atoms with Gasteiger partial charge in [-0.25, -0.2) is 4.98 Å². The van der Waals surface area contributed by atoms with Gasteiger partial charge >= 0.3 is 0 Å². The number of carbonyl (C=O) groups excluding carboxylic acids is 1. The molecule has 0 saturated heterocycles. The van der Waals surface area contributed by atoms with Gasteiger partial charge in [-0.15, -0.1) is 0 Å². The third-order valence-corrected chi connectivity index (χ3v) is 4.78. The van der Waals surface area contributed by atoms with E-state index >= 15 is 0 Å². The lowest BCUT2D eigenvalue weighted by Gasteiger charge is -2.17. The van der Waals surface area contributed by atoms with E-state index in [1.807, 2.05) is 19.9 Å². The molecule has 0 fully saturated rings. The van der Waals surface area contributed by atoms with Gasteiger partial charge in [0.05, 0.1) is 27.5 Å². The molecule has 0 saturated carbocycles. The van der Waals surface area contributed by atoms with Crippen LogP contribution in [0.3, 0.4) is 0 Å². The van der Waals surface area contributed by atoms with E-state index < -0.39 is 6.10 Å². The Bertz CT molecular complexity index is 1030. The molecule has 144 valence electrons. The van der Waals surface area contributed by atoms with E-state index in [2.05, 4.69) is 15.3 Å². The van der Waals surface area contributed by atoms with Crippen molar-refractivity contribution in [1.29, 1.82) is 0 Å². The quantitative estimate of drug-likeness (QED) is 0.605. The highest BCUT2D eigenvalue weighted by Crippen LogP contribution is 2.29. The SMILES string of the molecule is Cc1cccc(C(=O)Nc2cncc([C@@H](C)Oc3cc(Cl)cnc3N)c2)c1Cl. The summed E-state index contributed by atoms with van der Waals surface area (Å²) in [6.45, 7) is 3.68. The molecule has 3 rings (SSSR count). The average molecular weight is 417 g/mol. The van der Waals surface area contributed by atoms with Gasteiger partial charge in [0.25, 0.3) is 5.91 Å². The molecular formula is C20H18Cl2N4O2. The van der Waals surface area contributed by atoms with Crippen LogP contribution in [-0.4, -0.2) is 15.9 Å². The van der Waals surface area contributed by atoms with Gasteiger partial charge in [-0.2, -0.15) is 0 Å². The van der Waals surface area contributed by atoms with Crippen molar-refractivity contribution in [1.82, 2.24) is 9.97 Å². The van der Waals surface area contributed by atoms with Crippen LogP contribution in [0, 0.1) is 6.92 Å². The number of hydrogen-bond donors (Lipinski definition) is 2. The summed E-state index contributed by atoms with van der Waals surface area (Å²) in [7, 11) is 0. The van der Waals surface area contributed by atoms with Crippen molar-refractivity contribution in [3.8, 4) is 5.75 Å². The second-order valence-electron chi connectivity index (χ2n) is 6.19. The van der Waals surface area contributed by atoms with Crippen molar-refractivity contribution in [3.63, 3.8) is 0 Å². The number of pyridine rings is 2.